The lowest BCUT2D eigenvalue weighted by Crippen LogP contribution is -2.45. The van der Waals surface area contributed by atoms with Crippen molar-refractivity contribution in [1.82, 2.24) is 20.6 Å². The van der Waals surface area contributed by atoms with E-state index in [1.165, 1.54) is 30.0 Å². The molecule has 0 atom stereocenters. The van der Waals surface area contributed by atoms with Gasteiger partial charge in [-0.15, -0.1) is 0 Å². The maximum Gasteiger partial charge on any atom is 0.252 e. The number of benzene rings is 4. The molecule has 4 heterocycles. The molecule has 2 aromatic heterocycles. The third-order valence-corrected chi connectivity index (χ3v) is 11.3. The van der Waals surface area contributed by atoms with E-state index in [9.17, 15) is 14.0 Å². The molecule has 2 N–H and O–H groups in total. The maximum absolute atomic E-state index is 13.0. The fraction of sp³-hybridized carbons (Fsp3) is 0.238. The zero-order valence-corrected chi connectivity index (χ0v) is 33.0. The summed E-state index contributed by atoms with van der Waals surface area (Å²) in [5, 5.41) is 9.81. The first-order valence-electron chi connectivity index (χ1n) is 17.9. The van der Waals surface area contributed by atoms with Crippen molar-refractivity contribution >= 4 is 90.8 Å². The Hall–Kier alpha value is -4.52. The molecule has 0 bridgehead atoms. The molecule has 54 heavy (non-hydrogen) atoms. The van der Waals surface area contributed by atoms with Crippen LogP contribution in [0.15, 0.2) is 109 Å². The summed E-state index contributed by atoms with van der Waals surface area (Å²) in [7, 11) is 0. The van der Waals surface area contributed by atoms with E-state index >= 15 is 0 Å². The summed E-state index contributed by atoms with van der Waals surface area (Å²) >= 11 is 14.4. The number of hydrogen-bond acceptors (Lipinski definition) is 6. The van der Waals surface area contributed by atoms with Gasteiger partial charge in [0.1, 0.15) is 5.82 Å². The number of anilines is 2. The van der Waals surface area contributed by atoms with Crippen LogP contribution in [0.2, 0.25) is 10.0 Å². The van der Waals surface area contributed by atoms with Crippen LogP contribution in [0.3, 0.4) is 0 Å². The van der Waals surface area contributed by atoms with E-state index < -0.39 is 0 Å². The second-order valence-corrected chi connectivity index (χ2v) is 15.5. The molecule has 2 saturated heterocycles. The summed E-state index contributed by atoms with van der Waals surface area (Å²) < 4.78 is 14.0. The lowest BCUT2D eigenvalue weighted by atomic mass is 10.0. The van der Waals surface area contributed by atoms with Gasteiger partial charge in [-0.3, -0.25) is 19.6 Å². The van der Waals surface area contributed by atoms with Gasteiger partial charge in [0.15, 0.2) is 0 Å². The molecule has 0 saturated carbocycles. The number of halogens is 4. The van der Waals surface area contributed by atoms with Crippen molar-refractivity contribution in [2.75, 3.05) is 36.0 Å². The van der Waals surface area contributed by atoms with Gasteiger partial charge in [0.2, 0.25) is 0 Å². The van der Waals surface area contributed by atoms with Crippen molar-refractivity contribution in [3.8, 4) is 0 Å². The molecule has 2 fully saturated rings. The predicted octanol–water partition coefficient (Wildman–Crippen LogP) is 9.32. The number of pyridine rings is 2. The highest BCUT2D eigenvalue weighted by atomic mass is 127. The second kappa shape index (κ2) is 17.3. The van der Waals surface area contributed by atoms with Crippen molar-refractivity contribution in [1.29, 1.82) is 0 Å². The minimum absolute atomic E-state index is 0.0162. The molecule has 0 aliphatic carbocycles. The Balaban J connectivity index is 0.000000167. The van der Waals surface area contributed by atoms with Crippen LogP contribution in [0.1, 0.15) is 46.4 Å². The van der Waals surface area contributed by atoms with E-state index in [2.05, 4.69) is 59.1 Å². The van der Waals surface area contributed by atoms with Crippen LogP contribution in [0.25, 0.3) is 21.8 Å². The Labute approximate surface area is 337 Å². The Kier molecular flexibility index (Phi) is 12.1. The minimum Gasteiger partial charge on any atom is -0.371 e. The number of amides is 2. The van der Waals surface area contributed by atoms with Gasteiger partial charge in [0, 0.05) is 92.0 Å². The summed E-state index contributed by atoms with van der Waals surface area (Å²) in [6.07, 6.45) is 7.18. The van der Waals surface area contributed by atoms with Gasteiger partial charge >= 0.3 is 0 Å². The molecular formula is C42H38Cl2FIN6O2. The van der Waals surface area contributed by atoms with Crippen LogP contribution in [0.5, 0.6) is 0 Å². The molecule has 4 aromatic carbocycles. The number of rotatable bonds is 6. The van der Waals surface area contributed by atoms with Gasteiger partial charge < -0.3 is 20.4 Å². The number of piperidine rings is 2. The second-order valence-electron chi connectivity index (χ2n) is 13.4. The molecular weight excluding hydrogens is 837 g/mol. The molecule has 2 aliphatic rings. The average Bonchev–Trinajstić information content (AvgIpc) is 3.18. The topological polar surface area (TPSA) is 90.5 Å². The molecule has 2 amide bonds. The number of carbonyl (C=O) groups is 2. The monoisotopic (exact) mass is 874 g/mol. The number of aromatic nitrogens is 2. The Morgan fingerprint density at radius 2 is 1.13 bits per heavy atom. The molecule has 8 rings (SSSR count). The van der Waals surface area contributed by atoms with Gasteiger partial charge in [-0.05, 0) is 133 Å². The predicted molar refractivity (Wildman–Crippen MR) is 224 cm³/mol. The van der Waals surface area contributed by atoms with Gasteiger partial charge in [0.05, 0.1) is 16.6 Å². The van der Waals surface area contributed by atoms with Crippen molar-refractivity contribution in [2.45, 2.75) is 37.8 Å². The zero-order valence-electron chi connectivity index (χ0n) is 29.3. The van der Waals surface area contributed by atoms with Crippen LogP contribution < -0.4 is 20.4 Å². The van der Waals surface area contributed by atoms with E-state index in [1.54, 1.807) is 6.20 Å². The molecule has 0 radical (unpaired) electrons. The Morgan fingerprint density at radius 3 is 1.63 bits per heavy atom. The minimum atomic E-state index is -0.342. The summed E-state index contributed by atoms with van der Waals surface area (Å²) in [5.41, 5.74) is 5.34. The number of carbonyl (C=O) groups excluding carboxylic acids is 2. The molecule has 0 spiro atoms. The summed E-state index contributed by atoms with van der Waals surface area (Å²) in [4.78, 5) is 38.4. The highest BCUT2D eigenvalue weighted by Crippen LogP contribution is 2.31. The third kappa shape index (κ3) is 9.05. The smallest absolute Gasteiger partial charge is 0.252 e. The fourth-order valence-electron chi connectivity index (χ4n) is 7.07. The van der Waals surface area contributed by atoms with Gasteiger partial charge in [-0.25, -0.2) is 4.39 Å². The standard InChI is InChI=1S/C21H19ClFN3O.C21H19ClIN3O/c22-15-3-6-18-19(13-15)24-10-7-20(18)26-11-8-17(9-12-26)25-21(27)14-1-4-16(23)5-2-14;22-14-5-6-17-19(13-14)24-10-7-20(17)26-11-8-15(9-12-26)25-21(27)16-3-1-2-4-18(16)23/h1-7,10,13,17H,8-9,11-12H2,(H,25,27);1-7,10,13,15H,8-9,11-12H2,(H,25,27). The first kappa shape index (κ1) is 37.8. The Morgan fingerprint density at radius 1 is 0.648 bits per heavy atom. The lowest BCUT2D eigenvalue weighted by Gasteiger charge is -2.34. The summed E-state index contributed by atoms with van der Waals surface area (Å²) in [6.45, 7) is 3.49. The zero-order chi connectivity index (χ0) is 37.6. The first-order chi connectivity index (χ1) is 26.2. The lowest BCUT2D eigenvalue weighted by molar-refractivity contribution is 0.0922. The number of nitrogens with one attached hydrogen (secondary N) is 2. The normalized spacial score (nSPS) is 15.1. The average molecular weight is 876 g/mol. The molecule has 6 aromatic rings. The SMILES string of the molecule is O=C(NC1CCN(c2ccnc3cc(Cl)ccc23)CC1)c1ccc(F)cc1.O=C(NC1CCN(c2ccnc3cc(Cl)ccc23)CC1)c1ccccc1I. The van der Waals surface area contributed by atoms with E-state index in [0.29, 0.717) is 15.6 Å². The van der Waals surface area contributed by atoms with Crippen LogP contribution in [0.4, 0.5) is 15.8 Å². The van der Waals surface area contributed by atoms with Crippen LogP contribution in [-0.2, 0) is 0 Å². The van der Waals surface area contributed by atoms with Crippen molar-refractivity contribution in [2.24, 2.45) is 0 Å². The molecule has 8 nitrogen and oxygen atoms in total. The van der Waals surface area contributed by atoms with Crippen LogP contribution in [0, 0.1) is 9.39 Å². The largest absolute Gasteiger partial charge is 0.371 e. The molecule has 276 valence electrons. The van der Waals surface area contributed by atoms with Crippen molar-refractivity contribution in [3.63, 3.8) is 0 Å². The van der Waals surface area contributed by atoms with Gasteiger partial charge in [-0.1, -0.05) is 35.3 Å². The van der Waals surface area contributed by atoms with Gasteiger partial charge in [-0.2, -0.15) is 0 Å². The highest BCUT2D eigenvalue weighted by molar-refractivity contribution is 14.1. The van der Waals surface area contributed by atoms with E-state index in [4.69, 9.17) is 23.2 Å². The fourth-order valence-corrected chi connectivity index (χ4v) is 8.04. The quantitative estimate of drug-likeness (QED) is 0.162. The van der Waals surface area contributed by atoms with E-state index in [1.807, 2.05) is 72.9 Å². The molecule has 0 unspecified atom stereocenters. The molecule has 12 heteroatoms. The van der Waals surface area contributed by atoms with E-state index in [-0.39, 0.29) is 29.7 Å². The Bertz CT molecular complexity index is 2280. The number of fused-ring (bicyclic) bond motifs is 2. The van der Waals surface area contributed by atoms with Crippen LogP contribution in [-0.4, -0.2) is 60.0 Å². The van der Waals surface area contributed by atoms with E-state index in [0.717, 1.165) is 88.5 Å². The van der Waals surface area contributed by atoms with Crippen molar-refractivity contribution < 1.29 is 14.0 Å². The van der Waals surface area contributed by atoms with Crippen LogP contribution >= 0.6 is 45.8 Å². The summed E-state index contributed by atoms with van der Waals surface area (Å²) in [5.74, 6) is -0.481. The first-order valence-corrected chi connectivity index (χ1v) is 19.8. The number of nitrogens with zero attached hydrogens (tertiary/aromatic N) is 4. The summed E-state index contributed by atoms with van der Waals surface area (Å²) in [6, 6.07) is 29.3. The van der Waals surface area contributed by atoms with Gasteiger partial charge in [0.25, 0.3) is 11.8 Å². The third-order valence-electron chi connectivity index (χ3n) is 9.93. The molecule has 2 aliphatic heterocycles. The van der Waals surface area contributed by atoms with Crippen molar-refractivity contribution in [3.05, 3.63) is 140 Å². The highest BCUT2D eigenvalue weighted by Gasteiger charge is 2.24. The maximum atomic E-state index is 13.0. The number of hydrogen-bond donors (Lipinski definition) is 2.